The Bertz CT molecular complexity index is 523. The summed E-state index contributed by atoms with van der Waals surface area (Å²) >= 11 is 1.40. The maximum Gasteiger partial charge on any atom is 0.239 e. The minimum atomic E-state index is -0.0948. The fourth-order valence-electron chi connectivity index (χ4n) is 1.58. The van der Waals surface area contributed by atoms with Gasteiger partial charge in [0.15, 0.2) is 5.17 Å². The summed E-state index contributed by atoms with van der Waals surface area (Å²) < 4.78 is 0. The molecule has 0 spiro atoms. The Morgan fingerprint density at radius 2 is 2.05 bits per heavy atom. The van der Waals surface area contributed by atoms with Crippen LogP contribution in [0.15, 0.2) is 34.5 Å². The predicted octanol–water partition coefficient (Wildman–Crippen LogP) is 1.97. The van der Waals surface area contributed by atoms with Crippen molar-refractivity contribution >= 4 is 29.1 Å². The Labute approximate surface area is 115 Å². The summed E-state index contributed by atoms with van der Waals surface area (Å²) in [5.74, 6) is 0.458. The van der Waals surface area contributed by atoms with Crippen LogP contribution in [0.5, 0.6) is 5.75 Å². The Balaban J connectivity index is 2.00. The Hall–Kier alpha value is -1.82. The molecule has 0 aromatic heterocycles. The summed E-state index contributed by atoms with van der Waals surface area (Å²) in [7, 11) is 0. The van der Waals surface area contributed by atoms with E-state index < -0.39 is 0 Å². The van der Waals surface area contributed by atoms with Crippen molar-refractivity contribution in [3.63, 3.8) is 0 Å². The van der Waals surface area contributed by atoms with Gasteiger partial charge >= 0.3 is 0 Å². The molecule has 1 fully saturated rings. The molecule has 6 heteroatoms. The first-order valence-electron chi connectivity index (χ1n) is 5.94. The van der Waals surface area contributed by atoms with Crippen LogP contribution in [0.2, 0.25) is 0 Å². The molecule has 1 aromatic rings. The molecule has 1 heterocycles. The van der Waals surface area contributed by atoms with E-state index in [1.165, 1.54) is 11.8 Å². The summed E-state index contributed by atoms with van der Waals surface area (Å²) in [6, 6.07) is 6.62. The largest absolute Gasteiger partial charge is 0.508 e. The van der Waals surface area contributed by atoms with Crippen LogP contribution in [0.3, 0.4) is 0 Å². The van der Waals surface area contributed by atoms with Gasteiger partial charge in [-0.25, -0.2) is 0 Å². The summed E-state index contributed by atoms with van der Waals surface area (Å²) in [5, 5.41) is 20.2. The standard InChI is InChI=1S/C13H15N3O2S/c1-8(2)11-12(18)15-13(19-11)16-14-7-9-3-5-10(17)6-4-9/h3-8,11,17H,1-2H3,(H,15,16,18)/b14-7+/t11-/m0/s1. The number of hydrogen-bond donors (Lipinski definition) is 2. The number of carbonyl (C=O) groups is 1. The number of nitrogens with one attached hydrogen (secondary N) is 1. The number of hydrogen-bond acceptors (Lipinski definition) is 5. The minimum absolute atomic E-state index is 0.0152. The predicted molar refractivity (Wildman–Crippen MR) is 77.5 cm³/mol. The van der Waals surface area contributed by atoms with E-state index in [0.717, 1.165) is 5.56 Å². The highest BCUT2D eigenvalue weighted by Gasteiger charge is 2.32. The number of phenols is 1. The Morgan fingerprint density at radius 1 is 1.37 bits per heavy atom. The highest BCUT2D eigenvalue weighted by molar-refractivity contribution is 8.15. The van der Waals surface area contributed by atoms with Crippen molar-refractivity contribution < 1.29 is 9.90 Å². The molecule has 0 unspecified atom stereocenters. The van der Waals surface area contributed by atoms with Gasteiger partial charge in [-0.15, -0.1) is 5.10 Å². The Morgan fingerprint density at radius 3 is 2.63 bits per heavy atom. The van der Waals surface area contributed by atoms with Gasteiger partial charge in [0.25, 0.3) is 0 Å². The van der Waals surface area contributed by atoms with Crippen LogP contribution in [0.1, 0.15) is 19.4 Å². The van der Waals surface area contributed by atoms with Gasteiger partial charge in [-0.05, 0) is 35.7 Å². The van der Waals surface area contributed by atoms with Gasteiger partial charge in [0, 0.05) is 0 Å². The Kier molecular flexibility index (Phi) is 4.21. The molecular formula is C13H15N3O2S. The van der Waals surface area contributed by atoms with Gasteiger partial charge in [-0.2, -0.15) is 5.10 Å². The number of benzene rings is 1. The topological polar surface area (TPSA) is 74.1 Å². The lowest BCUT2D eigenvalue weighted by Gasteiger charge is -2.07. The quantitative estimate of drug-likeness (QED) is 0.655. The third kappa shape index (κ3) is 3.57. The van der Waals surface area contributed by atoms with Gasteiger partial charge < -0.3 is 10.4 Å². The number of aromatic hydroxyl groups is 1. The van der Waals surface area contributed by atoms with E-state index >= 15 is 0 Å². The monoisotopic (exact) mass is 277 g/mol. The average Bonchev–Trinajstić information content (AvgIpc) is 2.73. The fraction of sp³-hybridized carbons (Fsp3) is 0.308. The fourth-order valence-corrected chi connectivity index (χ4v) is 2.51. The van der Waals surface area contributed by atoms with E-state index in [1.807, 2.05) is 13.8 Å². The highest BCUT2D eigenvalue weighted by Crippen LogP contribution is 2.25. The molecule has 2 N–H and O–H groups in total. The first kappa shape index (κ1) is 13.6. The summed E-state index contributed by atoms with van der Waals surface area (Å²) in [5.41, 5.74) is 0.830. The number of phenolic OH excluding ortho intramolecular Hbond substituents is 1. The third-order valence-electron chi connectivity index (χ3n) is 2.58. The molecule has 1 saturated heterocycles. The second-order valence-corrected chi connectivity index (χ2v) is 5.64. The molecule has 1 amide bonds. The zero-order chi connectivity index (χ0) is 13.8. The maximum absolute atomic E-state index is 11.6. The van der Waals surface area contributed by atoms with Crippen molar-refractivity contribution in [3.05, 3.63) is 29.8 Å². The molecule has 0 radical (unpaired) electrons. The van der Waals surface area contributed by atoms with Crippen LogP contribution in [-0.2, 0) is 4.79 Å². The lowest BCUT2D eigenvalue weighted by Crippen LogP contribution is -2.27. The second-order valence-electron chi connectivity index (χ2n) is 4.51. The first-order chi connectivity index (χ1) is 9.06. The average molecular weight is 277 g/mol. The molecule has 5 nitrogen and oxygen atoms in total. The van der Waals surface area contributed by atoms with Crippen LogP contribution in [0.4, 0.5) is 0 Å². The lowest BCUT2D eigenvalue weighted by molar-refractivity contribution is -0.119. The van der Waals surface area contributed by atoms with Crippen LogP contribution in [0, 0.1) is 5.92 Å². The van der Waals surface area contributed by atoms with E-state index in [-0.39, 0.29) is 22.8 Å². The molecule has 100 valence electrons. The zero-order valence-electron chi connectivity index (χ0n) is 10.7. The van der Waals surface area contributed by atoms with Crippen LogP contribution < -0.4 is 5.32 Å². The van der Waals surface area contributed by atoms with Crippen molar-refractivity contribution in [2.75, 3.05) is 0 Å². The normalized spacial score (nSPS) is 21.5. The van der Waals surface area contributed by atoms with Crippen molar-refractivity contribution in [2.24, 2.45) is 16.1 Å². The molecular weight excluding hydrogens is 262 g/mol. The molecule has 1 aliphatic heterocycles. The van der Waals surface area contributed by atoms with E-state index in [9.17, 15) is 4.79 Å². The molecule has 0 aliphatic carbocycles. The maximum atomic E-state index is 11.6. The molecule has 1 aliphatic rings. The van der Waals surface area contributed by atoms with Crippen molar-refractivity contribution in [1.82, 2.24) is 5.32 Å². The molecule has 2 rings (SSSR count). The number of carbonyl (C=O) groups excluding carboxylic acids is 1. The van der Waals surface area contributed by atoms with E-state index in [4.69, 9.17) is 5.11 Å². The third-order valence-corrected chi connectivity index (χ3v) is 4.00. The van der Waals surface area contributed by atoms with Crippen LogP contribution in [0.25, 0.3) is 0 Å². The number of nitrogens with zero attached hydrogens (tertiary/aromatic N) is 2. The molecule has 0 saturated carbocycles. The smallest absolute Gasteiger partial charge is 0.239 e. The van der Waals surface area contributed by atoms with Gasteiger partial charge in [-0.3, -0.25) is 4.79 Å². The molecule has 19 heavy (non-hydrogen) atoms. The summed E-state index contributed by atoms with van der Waals surface area (Å²) in [4.78, 5) is 11.6. The van der Waals surface area contributed by atoms with E-state index in [2.05, 4.69) is 15.5 Å². The van der Waals surface area contributed by atoms with Gasteiger partial charge in [-0.1, -0.05) is 25.6 Å². The van der Waals surface area contributed by atoms with Crippen molar-refractivity contribution in [3.8, 4) is 5.75 Å². The molecule has 1 aromatic carbocycles. The molecule has 0 bridgehead atoms. The van der Waals surface area contributed by atoms with E-state index in [1.54, 1.807) is 30.5 Å². The van der Waals surface area contributed by atoms with Crippen molar-refractivity contribution in [2.45, 2.75) is 19.1 Å². The SMILES string of the molecule is CC(C)[C@@H]1S/C(=N\N=C\c2ccc(O)cc2)NC1=O. The van der Waals surface area contributed by atoms with Gasteiger partial charge in [0.1, 0.15) is 5.75 Å². The minimum Gasteiger partial charge on any atom is -0.508 e. The number of amides is 1. The van der Waals surface area contributed by atoms with E-state index in [0.29, 0.717) is 5.17 Å². The van der Waals surface area contributed by atoms with Crippen LogP contribution >= 0.6 is 11.8 Å². The van der Waals surface area contributed by atoms with Crippen LogP contribution in [-0.4, -0.2) is 27.6 Å². The summed E-state index contributed by atoms with van der Waals surface area (Å²) in [6.45, 7) is 4.00. The number of rotatable bonds is 3. The molecule has 1 atom stereocenters. The first-order valence-corrected chi connectivity index (χ1v) is 6.82. The summed E-state index contributed by atoms with van der Waals surface area (Å²) in [6.07, 6.45) is 1.57. The number of amidine groups is 1. The highest BCUT2D eigenvalue weighted by atomic mass is 32.2. The number of thioether (sulfide) groups is 1. The van der Waals surface area contributed by atoms with Gasteiger partial charge in [0.05, 0.1) is 11.5 Å². The van der Waals surface area contributed by atoms with Gasteiger partial charge in [0.2, 0.25) is 5.91 Å². The second kappa shape index (κ2) is 5.88. The lowest BCUT2D eigenvalue weighted by atomic mass is 10.1. The van der Waals surface area contributed by atoms with Crippen molar-refractivity contribution in [1.29, 1.82) is 0 Å². The zero-order valence-corrected chi connectivity index (χ0v) is 11.5.